The number of anilines is 2. The van der Waals surface area contributed by atoms with Crippen LogP contribution in [-0.2, 0) is 28.9 Å². The van der Waals surface area contributed by atoms with Crippen molar-refractivity contribution in [2.75, 3.05) is 54.0 Å². The molecule has 1 saturated heterocycles. The summed E-state index contributed by atoms with van der Waals surface area (Å²) in [5.74, 6) is 3.44. The van der Waals surface area contributed by atoms with Crippen molar-refractivity contribution in [1.29, 1.82) is 0 Å². The number of para-hydroxylation sites is 1. The Hall–Kier alpha value is -2.65. The Bertz CT molecular complexity index is 1450. The van der Waals surface area contributed by atoms with Gasteiger partial charge in [-0.3, -0.25) is 9.59 Å². The normalized spacial score (nSPS) is 19.3. The van der Waals surface area contributed by atoms with Crippen LogP contribution in [0.25, 0.3) is 10.2 Å². The molecule has 0 N–H and O–H groups in total. The molecule has 2 amide bonds. The van der Waals surface area contributed by atoms with E-state index >= 15 is 0 Å². The molecule has 4 heterocycles. The van der Waals surface area contributed by atoms with E-state index in [4.69, 9.17) is 9.97 Å². The van der Waals surface area contributed by atoms with Gasteiger partial charge in [-0.2, -0.15) is 0 Å². The lowest BCUT2D eigenvalue weighted by molar-refractivity contribution is -0.128. The smallest absolute Gasteiger partial charge is 0.236 e. The van der Waals surface area contributed by atoms with Gasteiger partial charge in [0.1, 0.15) is 16.5 Å². The number of piperazine rings is 1. The molecule has 1 aromatic carbocycles. The van der Waals surface area contributed by atoms with Crippen molar-refractivity contribution in [2.45, 2.75) is 59.8 Å². The Morgan fingerprint density at radius 3 is 2.54 bits per heavy atom. The van der Waals surface area contributed by atoms with Gasteiger partial charge in [0, 0.05) is 43.3 Å². The van der Waals surface area contributed by atoms with Crippen molar-refractivity contribution in [2.24, 2.45) is 11.3 Å². The molecule has 1 unspecified atom stereocenters. The van der Waals surface area contributed by atoms with Crippen molar-refractivity contribution in [3.63, 3.8) is 0 Å². The molecular weight excluding hydrogens is 551 g/mol. The number of hydrogen-bond donors (Lipinski definition) is 0. The molecule has 41 heavy (non-hydrogen) atoms. The van der Waals surface area contributed by atoms with Crippen LogP contribution in [0.3, 0.4) is 0 Å². The molecule has 2 aliphatic heterocycles. The highest BCUT2D eigenvalue weighted by molar-refractivity contribution is 8.00. The van der Waals surface area contributed by atoms with Gasteiger partial charge in [0.15, 0.2) is 0 Å². The molecule has 9 heteroatoms. The fourth-order valence-electron chi connectivity index (χ4n) is 6.59. The van der Waals surface area contributed by atoms with Crippen molar-refractivity contribution < 1.29 is 9.59 Å². The van der Waals surface area contributed by atoms with E-state index in [-0.39, 0.29) is 11.8 Å². The van der Waals surface area contributed by atoms with E-state index in [0.717, 1.165) is 67.5 Å². The third-order valence-corrected chi connectivity index (χ3v) is 11.1. The number of amides is 2. The number of rotatable bonds is 5. The summed E-state index contributed by atoms with van der Waals surface area (Å²) in [4.78, 5) is 44.6. The van der Waals surface area contributed by atoms with E-state index in [1.54, 1.807) is 0 Å². The van der Waals surface area contributed by atoms with Gasteiger partial charge >= 0.3 is 0 Å². The minimum Gasteiger partial charge on any atom is -0.352 e. The first kappa shape index (κ1) is 28.5. The van der Waals surface area contributed by atoms with Crippen molar-refractivity contribution in [1.82, 2.24) is 14.9 Å². The maximum absolute atomic E-state index is 13.1. The molecule has 1 aliphatic carbocycles. The highest BCUT2D eigenvalue weighted by Crippen LogP contribution is 2.45. The molecule has 7 nitrogen and oxygen atoms in total. The average Bonchev–Trinajstić information content (AvgIpc) is 3.33. The second-order valence-electron chi connectivity index (χ2n) is 12.7. The van der Waals surface area contributed by atoms with E-state index in [0.29, 0.717) is 35.9 Å². The number of thiophene rings is 1. The monoisotopic (exact) mass is 591 g/mol. The van der Waals surface area contributed by atoms with Crippen molar-refractivity contribution >= 4 is 56.6 Å². The number of aromatic nitrogens is 2. The van der Waals surface area contributed by atoms with Crippen molar-refractivity contribution in [3.8, 4) is 0 Å². The first-order valence-electron chi connectivity index (χ1n) is 15.0. The Kier molecular flexibility index (Phi) is 8.02. The predicted molar refractivity (Wildman–Crippen MR) is 170 cm³/mol. The van der Waals surface area contributed by atoms with Gasteiger partial charge in [0.2, 0.25) is 11.8 Å². The molecule has 218 valence electrons. The van der Waals surface area contributed by atoms with Gasteiger partial charge in [-0.25, -0.2) is 9.97 Å². The van der Waals surface area contributed by atoms with Crippen LogP contribution in [0.5, 0.6) is 0 Å². The Balaban J connectivity index is 1.06. The maximum atomic E-state index is 13.1. The molecule has 3 aliphatic rings. The fraction of sp³-hybridized carbons (Fsp3) is 0.562. The number of benzene rings is 1. The van der Waals surface area contributed by atoms with Crippen LogP contribution >= 0.6 is 23.1 Å². The largest absolute Gasteiger partial charge is 0.352 e. The van der Waals surface area contributed by atoms with E-state index in [9.17, 15) is 9.59 Å². The lowest BCUT2D eigenvalue weighted by Crippen LogP contribution is -2.49. The van der Waals surface area contributed by atoms with Crippen LogP contribution in [0.2, 0.25) is 0 Å². The Labute approximate surface area is 251 Å². The number of thioether (sulfide) groups is 1. The summed E-state index contributed by atoms with van der Waals surface area (Å²) in [7, 11) is 0. The number of carbonyl (C=O) groups excluding carboxylic acids is 2. The van der Waals surface area contributed by atoms with E-state index in [2.05, 4.69) is 31.7 Å². The first-order valence-corrected chi connectivity index (χ1v) is 16.9. The number of aryl methyl sites for hydroxylation is 3. The van der Waals surface area contributed by atoms with Crippen LogP contribution in [0.15, 0.2) is 24.3 Å². The number of nitrogens with zero attached hydrogens (tertiary/aromatic N) is 5. The molecule has 0 radical (unpaired) electrons. The summed E-state index contributed by atoms with van der Waals surface area (Å²) in [5.41, 5.74) is 4.03. The Morgan fingerprint density at radius 2 is 1.76 bits per heavy atom. The van der Waals surface area contributed by atoms with E-state index < -0.39 is 0 Å². The Morgan fingerprint density at radius 1 is 1.00 bits per heavy atom. The fourth-order valence-corrected chi connectivity index (χ4v) is 8.71. The third-order valence-electron chi connectivity index (χ3n) is 9.02. The molecule has 6 rings (SSSR count). The second-order valence-corrected chi connectivity index (χ2v) is 14.8. The summed E-state index contributed by atoms with van der Waals surface area (Å²) in [6, 6.07) is 8.16. The molecule has 3 aromatic rings. The van der Waals surface area contributed by atoms with Crippen molar-refractivity contribution in [3.05, 3.63) is 46.1 Å². The highest BCUT2D eigenvalue weighted by atomic mass is 32.2. The predicted octanol–water partition coefficient (Wildman–Crippen LogP) is 5.51. The maximum Gasteiger partial charge on any atom is 0.236 e. The number of hydrogen-bond acceptors (Lipinski definition) is 7. The van der Waals surface area contributed by atoms with Gasteiger partial charge in [-0.15, -0.1) is 23.1 Å². The molecule has 0 saturated carbocycles. The minimum atomic E-state index is 0.0934. The standard InChI is InChI=1S/C32H41N5O2S2/c1-21-33-30(29-24-12-11-23(32(2,3)4)18-26(24)41-31(29)34-21)36-16-14-35(15-17-36)27(38)19-40-20-28(39)37-13-7-9-22-8-5-6-10-25(22)37/h5-6,8,10,23H,7,9,11-20H2,1-4H3. The van der Waals surface area contributed by atoms with Crippen LogP contribution in [0.4, 0.5) is 11.5 Å². The summed E-state index contributed by atoms with van der Waals surface area (Å²) >= 11 is 3.29. The first-order chi connectivity index (χ1) is 19.7. The topological polar surface area (TPSA) is 69.6 Å². The van der Waals surface area contributed by atoms with Gasteiger partial charge < -0.3 is 14.7 Å². The van der Waals surface area contributed by atoms with E-state index in [1.807, 2.05) is 46.3 Å². The van der Waals surface area contributed by atoms with Crippen LogP contribution in [0, 0.1) is 18.3 Å². The van der Waals surface area contributed by atoms with Gasteiger partial charge in [-0.1, -0.05) is 39.0 Å². The summed E-state index contributed by atoms with van der Waals surface area (Å²) in [6.45, 7) is 12.7. The molecule has 1 atom stereocenters. The van der Waals surface area contributed by atoms with Crippen LogP contribution < -0.4 is 9.80 Å². The van der Waals surface area contributed by atoms with E-state index in [1.165, 1.54) is 39.6 Å². The SMILES string of the molecule is Cc1nc(N2CCN(C(=O)CSCC(=O)N3CCCc4ccccc43)CC2)c2c3c(sc2n1)CC(C(C)(C)C)CC3. The average molecular weight is 592 g/mol. The van der Waals surface area contributed by atoms with Crippen LogP contribution in [0.1, 0.15) is 55.4 Å². The lowest BCUT2D eigenvalue weighted by Gasteiger charge is -2.36. The van der Waals surface area contributed by atoms with Gasteiger partial charge in [0.25, 0.3) is 0 Å². The molecule has 0 spiro atoms. The van der Waals surface area contributed by atoms with Crippen LogP contribution in [-0.4, -0.2) is 70.9 Å². The molecule has 2 aromatic heterocycles. The highest BCUT2D eigenvalue weighted by Gasteiger charge is 2.33. The molecular formula is C32H41N5O2S2. The zero-order chi connectivity index (χ0) is 28.7. The summed E-state index contributed by atoms with van der Waals surface area (Å²) < 4.78 is 0. The summed E-state index contributed by atoms with van der Waals surface area (Å²) in [6.07, 6.45) is 5.44. The molecule has 1 fully saturated rings. The number of fused-ring (bicyclic) bond motifs is 4. The minimum absolute atomic E-state index is 0.0934. The zero-order valence-electron chi connectivity index (χ0n) is 24.7. The van der Waals surface area contributed by atoms with Gasteiger partial charge in [0.05, 0.1) is 16.9 Å². The lowest BCUT2D eigenvalue weighted by atomic mass is 9.72. The quantitative estimate of drug-likeness (QED) is 0.390. The zero-order valence-corrected chi connectivity index (χ0v) is 26.4. The summed E-state index contributed by atoms with van der Waals surface area (Å²) in [5, 5.41) is 1.25. The number of carbonyl (C=O) groups is 2. The second kappa shape index (κ2) is 11.6. The van der Waals surface area contributed by atoms with Gasteiger partial charge in [-0.05, 0) is 67.6 Å². The third kappa shape index (κ3) is 5.85. The molecule has 0 bridgehead atoms.